The molecule has 0 amide bonds. The van der Waals surface area contributed by atoms with Gasteiger partial charge < -0.3 is 24.6 Å². The van der Waals surface area contributed by atoms with Gasteiger partial charge in [0.2, 0.25) is 0 Å². The van der Waals surface area contributed by atoms with Crippen LogP contribution in [0, 0.1) is 5.92 Å². The number of cyclic esters (lactones) is 1. The number of hydrogen-bond acceptors (Lipinski definition) is 6. The van der Waals surface area contributed by atoms with Crippen LogP contribution in [0.2, 0.25) is 0 Å². The molecule has 138 valence electrons. The van der Waals surface area contributed by atoms with Crippen molar-refractivity contribution in [2.45, 2.75) is 44.4 Å². The lowest BCUT2D eigenvalue weighted by Crippen LogP contribution is -3.12. The van der Waals surface area contributed by atoms with Crippen LogP contribution in [0.25, 0.3) is 0 Å². The molecule has 0 aliphatic carbocycles. The highest BCUT2D eigenvalue weighted by atomic mass is 16.6. The van der Waals surface area contributed by atoms with Gasteiger partial charge >= 0.3 is 11.9 Å². The lowest BCUT2D eigenvalue weighted by atomic mass is 9.84. The SMILES string of the molecule is C/C=C1\C[C@H](C)[C@@](O)(CO)C(=O)OCC2=CC[NH+]3CC[C@@H](OC1=O)[C@H]23. The Bertz CT molecular complexity index is 627. The number of nitrogens with one attached hydrogen (secondary N) is 1. The Labute approximate surface area is 146 Å². The molecule has 0 aromatic carbocycles. The van der Waals surface area contributed by atoms with E-state index in [0.717, 1.165) is 25.1 Å². The molecule has 0 radical (unpaired) electrons. The summed E-state index contributed by atoms with van der Waals surface area (Å²) >= 11 is 0. The summed E-state index contributed by atoms with van der Waals surface area (Å²) in [6, 6.07) is -0.00562. The second kappa shape index (κ2) is 6.90. The molecular formula is C18H26NO6+. The molecule has 3 aliphatic rings. The van der Waals surface area contributed by atoms with Gasteiger partial charge in [-0.3, -0.25) is 0 Å². The number of allylic oxidation sites excluding steroid dienone is 1. The van der Waals surface area contributed by atoms with Crippen LogP contribution in [0.15, 0.2) is 23.3 Å². The van der Waals surface area contributed by atoms with E-state index in [1.54, 1.807) is 19.9 Å². The molecule has 3 rings (SSSR count). The fourth-order valence-electron chi connectivity index (χ4n) is 4.03. The van der Waals surface area contributed by atoms with Crippen molar-refractivity contribution in [3.63, 3.8) is 0 Å². The summed E-state index contributed by atoms with van der Waals surface area (Å²) in [5.41, 5.74) is -0.743. The molecule has 0 aromatic heterocycles. The number of aliphatic hydroxyl groups is 2. The van der Waals surface area contributed by atoms with E-state index in [1.165, 1.54) is 4.90 Å². The van der Waals surface area contributed by atoms with E-state index in [2.05, 4.69) is 0 Å². The molecule has 3 heterocycles. The maximum Gasteiger partial charge on any atom is 0.341 e. The lowest BCUT2D eigenvalue weighted by Gasteiger charge is -2.31. The zero-order valence-electron chi connectivity index (χ0n) is 14.7. The van der Waals surface area contributed by atoms with Gasteiger partial charge in [-0.1, -0.05) is 13.0 Å². The molecule has 0 aromatic rings. The fourth-order valence-corrected chi connectivity index (χ4v) is 4.03. The van der Waals surface area contributed by atoms with Gasteiger partial charge in [-0.15, -0.1) is 0 Å². The van der Waals surface area contributed by atoms with Crippen LogP contribution in [0.5, 0.6) is 0 Å². The minimum absolute atomic E-state index is 0.00562. The monoisotopic (exact) mass is 352 g/mol. The van der Waals surface area contributed by atoms with Crippen LogP contribution in [-0.2, 0) is 19.1 Å². The van der Waals surface area contributed by atoms with Crippen molar-refractivity contribution in [2.75, 3.05) is 26.3 Å². The molecule has 0 saturated carbocycles. The van der Waals surface area contributed by atoms with Crippen molar-refractivity contribution in [3.8, 4) is 0 Å². The lowest BCUT2D eigenvalue weighted by molar-refractivity contribution is -0.896. The number of esters is 2. The molecule has 0 spiro atoms. The number of carbonyl (C=O) groups excluding carboxylic acids is 2. The topological polar surface area (TPSA) is 97.5 Å². The second-order valence-electron chi connectivity index (χ2n) is 7.18. The summed E-state index contributed by atoms with van der Waals surface area (Å²) in [6.07, 6.45) is 4.33. The number of rotatable bonds is 1. The third-order valence-corrected chi connectivity index (χ3v) is 5.76. The first-order valence-electron chi connectivity index (χ1n) is 8.80. The molecular weight excluding hydrogens is 326 g/mol. The minimum atomic E-state index is -2.05. The maximum atomic E-state index is 12.6. The van der Waals surface area contributed by atoms with Crippen LogP contribution in [0.4, 0.5) is 0 Å². The summed E-state index contributed by atoms with van der Waals surface area (Å²) in [6.45, 7) is 4.33. The first-order chi connectivity index (χ1) is 11.9. The predicted octanol–water partition coefficient (Wildman–Crippen LogP) is -1.25. The van der Waals surface area contributed by atoms with E-state index in [9.17, 15) is 19.8 Å². The van der Waals surface area contributed by atoms with Crippen molar-refractivity contribution >= 4 is 11.9 Å². The van der Waals surface area contributed by atoms with Gasteiger partial charge in [0.25, 0.3) is 0 Å². The van der Waals surface area contributed by atoms with Gasteiger partial charge in [-0.05, 0) is 19.4 Å². The summed E-state index contributed by atoms with van der Waals surface area (Å²) in [4.78, 5) is 26.3. The first kappa shape index (κ1) is 18.1. The maximum absolute atomic E-state index is 12.6. The highest BCUT2D eigenvalue weighted by molar-refractivity contribution is 5.89. The second-order valence-corrected chi connectivity index (χ2v) is 7.18. The van der Waals surface area contributed by atoms with E-state index >= 15 is 0 Å². The van der Waals surface area contributed by atoms with Gasteiger partial charge in [0.1, 0.15) is 6.61 Å². The van der Waals surface area contributed by atoms with Crippen LogP contribution >= 0.6 is 0 Å². The summed E-state index contributed by atoms with van der Waals surface area (Å²) in [5.74, 6) is -1.96. The third-order valence-electron chi connectivity index (χ3n) is 5.76. The molecule has 7 heteroatoms. The third kappa shape index (κ3) is 3.12. The molecule has 2 saturated heterocycles. The Hall–Kier alpha value is -1.70. The Morgan fingerprint density at radius 1 is 1.44 bits per heavy atom. The Morgan fingerprint density at radius 3 is 2.88 bits per heavy atom. The van der Waals surface area contributed by atoms with Crippen molar-refractivity contribution in [1.82, 2.24) is 0 Å². The molecule has 3 aliphatic heterocycles. The summed E-state index contributed by atoms with van der Waals surface area (Å²) in [7, 11) is 0. The van der Waals surface area contributed by atoms with Crippen LogP contribution < -0.4 is 4.90 Å². The number of carbonyl (C=O) groups is 2. The quantitative estimate of drug-likeness (QED) is 0.310. The Balaban J connectivity index is 1.93. The van der Waals surface area contributed by atoms with E-state index in [4.69, 9.17) is 9.47 Å². The average molecular weight is 352 g/mol. The molecule has 25 heavy (non-hydrogen) atoms. The first-order valence-corrected chi connectivity index (χ1v) is 8.80. The van der Waals surface area contributed by atoms with Gasteiger partial charge in [0, 0.05) is 23.5 Å². The normalized spacial score (nSPS) is 40.6. The van der Waals surface area contributed by atoms with E-state index in [0.29, 0.717) is 5.57 Å². The van der Waals surface area contributed by atoms with Gasteiger partial charge in [0.05, 0.1) is 19.7 Å². The largest absolute Gasteiger partial charge is 0.459 e. The van der Waals surface area contributed by atoms with Gasteiger partial charge in [-0.25, -0.2) is 9.59 Å². The molecule has 2 fully saturated rings. The van der Waals surface area contributed by atoms with Crippen molar-refractivity contribution in [3.05, 3.63) is 23.3 Å². The Kier molecular flexibility index (Phi) is 4.99. The molecule has 0 bridgehead atoms. The number of aliphatic hydroxyl groups excluding tert-OH is 1. The number of hydrogen-bond donors (Lipinski definition) is 3. The van der Waals surface area contributed by atoms with E-state index in [1.807, 2.05) is 6.08 Å². The van der Waals surface area contributed by atoms with E-state index in [-0.39, 0.29) is 25.2 Å². The van der Waals surface area contributed by atoms with Crippen molar-refractivity contribution in [2.24, 2.45) is 5.92 Å². The molecule has 5 atom stereocenters. The highest BCUT2D eigenvalue weighted by Crippen LogP contribution is 2.29. The highest BCUT2D eigenvalue weighted by Gasteiger charge is 2.49. The van der Waals surface area contributed by atoms with Crippen LogP contribution in [0.3, 0.4) is 0 Å². The average Bonchev–Trinajstić information content (AvgIpc) is 3.18. The van der Waals surface area contributed by atoms with Gasteiger partial charge in [-0.2, -0.15) is 0 Å². The minimum Gasteiger partial charge on any atom is -0.459 e. The zero-order chi connectivity index (χ0) is 18.2. The van der Waals surface area contributed by atoms with Gasteiger partial charge in [0.15, 0.2) is 17.7 Å². The number of quaternary nitrogens is 1. The standard InChI is InChI=1S/C18H25NO6/c1-3-12-8-11(2)18(23,10-20)17(22)24-9-13-4-6-19-7-5-14(15(13)19)25-16(12)21/h3-4,11,14-15,20,23H,5-10H2,1-2H3/p+1/b12-3+/t11-,14+,15-,18-/m0/s1. The van der Waals surface area contributed by atoms with E-state index < -0.39 is 30.1 Å². The number of ether oxygens (including phenoxy) is 2. The van der Waals surface area contributed by atoms with Crippen molar-refractivity contribution < 1.29 is 34.2 Å². The van der Waals surface area contributed by atoms with Crippen LogP contribution in [-0.4, -0.2) is 66.2 Å². The summed E-state index contributed by atoms with van der Waals surface area (Å²) < 4.78 is 11.1. The fraction of sp³-hybridized carbons (Fsp3) is 0.667. The zero-order valence-corrected chi connectivity index (χ0v) is 14.7. The summed E-state index contributed by atoms with van der Waals surface area (Å²) in [5, 5.41) is 20.2. The smallest absolute Gasteiger partial charge is 0.341 e. The Morgan fingerprint density at radius 2 is 2.20 bits per heavy atom. The molecule has 3 N–H and O–H groups in total. The molecule has 7 nitrogen and oxygen atoms in total. The van der Waals surface area contributed by atoms with Crippen LogP contribution in [0.1, 0.15) is 26.7 Å². The molecule has 1 unspecified atom stereocenters. The van der Waals surface area contributed by atoms with Crippen molar-refractivity contribution in [1.29, 1.82) is 0 Å². The predicted molar refractivity (Wildman–Crippen MR) is 87.6 cm³/mol.